The molecule has 2 N–H and O–H groups in total. The summed E-state index contributed by atoms with van der Waals surface area (Å²) in [4.78, 5) is 14.5. The first kappa shape index (κ1) is 22.0. The summed E-state index contributed by atoms with van der Waals surface area (Å²) in [6, 6.07) is 12.6. The Morgan fingerprint density at radius 1 is 1.04 bits per heavy atom. The van der Waals surface area contributed by atoms with Crippen molar-refractivity contribution in [3.05, 3.63) is 54.1 Å². The van der Waals surface area contributed by atoms with Crippen molar-refractivity contribution in [2.45, 2.75) is 11.3 Å². The zero-order chi connectivity index (χ0) is 19.3. The van der Waals surface area contributed by atoms with Crippen LogP contribution in [-0.2, 0) is 10.0 Å². The quantitative estimate of drug-likeness (QED) is 0.767. The molecule has 0 radical (unpaired) electrons. The van der Waals surface area contributed by atoms with Crippen molar-refractivity contribution >= 4 is 34.0 Å². The number of methoxy groups -OCH3 is 1. The van der Waals surface area contributed by atoms with E-state index >= 15 is 0 Å². The summed E-state index contributed by atoms with van der Waals surface area (Å²) in [5.41, 5.74) is 0.924. The first-order valence-electron chi connectivity index (χ1n) is 8.76. The number of nitrogens with zero attached hydrogens (tertiary/aromatic N) is 1. The van der Waals surface area contributed by atoms with Crippen LogP contribution >= 0.6 is 12.4 Å². The molecule has 1 amide bonds. The maximum Gasteiger partial charge on any atom is 0.261 e. The fourth-order valence-electron chi connectivity index (χ4n) is 2.88. The molecule has 1 aliphatic rings. The SMILES string of the molecule is COc1ccc(NS(=O)(=O)c2ccc(C(=O)N3CCCNCC3)cc2)cc1.Cl. The maximum absolute atomic E-state index is 12.6. The molecule has 1 aliphatic heterocycles. The number of sulfonamides is 1. The van der Waals surface area contributed by atoms with Crippen molar-refractivity contribution in [3.63, 3.8) is 0 Å². The number of amides is 1. The van der Waals surface area contributed by atoms with E-state index in [1.807, 2.05) is 0 Å². The van der Waals surface area contributed by atoms with Crippen molar-refractivity contribution in [2.75, 3.05) is 38.0 Å². The normalized spacial score (nSPS) is 14.5. The third-order valence-electron chi connectivity index (χ3n) is 4.38. The molecule has 28 heavy (non-hydrogen) atoms. The predicted molar refractivity (Wildman–Crippen MR) is 111 cm³/mol. The van der Waals surface area contributed by atoms with Crippen LogP contribution in [0.2, 0.25) is 0 Å². The number of rotatable bonds is 5. The molecule has 9 heteroatoms. The maximum atomic E-state index is 12.6. The molecule has 1 fully saturated rings. The van der Waals surface area contributed by atoms with Crippen LogP contribution in [0, 0.1) is 0 Å². The zero-order valence-corrected chi connectivity index (χ0v) is 17.2. The van der Waals surface area contributed by atoms with Gasteiger partial charge in [0.1, 0.15) is 5.75 Å². The van der Waals surface area contributed by atoms with E-state index in [0.717, 1.165) is 19.5 Å². The van der Waals surface area contributed by atoms with Crippen LogP contribution < -0.4 is 14.8 Å². The molecule has 0 atom stereocenters. The minimum Gasteiger partial charge on any atom is -0.497 e. The van der Waals surface area contributed by atoms with Crippen molar-refractivity contribution < 1.29 is 17.9 Å². The Balaban J connectivity index is 0.00000280. The first-order chi connectivity index (χ1) is 13.0. The molecule has 2 aromatic rings. The molecule has 7 nitrogen and oxygen atoms in total. The Kier molecular flexibility index (Phi) is 7.68. The molecule has 0 saturated carbocycles. The highest BCUT2D eigenvalue weighted by atomic mass is 35.5. The van der Waals surface area contributed by atoms with Crippen molar-refractivity contribution in [2.24, 2.45) is 0 Å². The lowest BCUT2D eigenvalue weighted by Crippen LogP contribution is -2.34. The highest BCUT2D eigenvalue weighted by Crippen LogP contribution is 2.20. The fourth-order valence-corrected chi connectivity index (χ4v) is 3.94. The highest BCUT2D eigenvalue weighted by Gasteiger charge is 2.19. The molecule has 3 rings (SSSR count). The van der Waals surface area contributed by atoms with E-state index in [2.05, 4.69) is 10.0 Å². The van der Waals surface area contributed by atoms with Gasteiger partial charge >= 0.3 is 0 Å². The van der Waals surface area contributed by atoms with Gasteiger partial charge in [0.15, 0.2) is 0 Å². The molecule has 0 bridgehead atoms. The van der Waals surface area contributed by atoms with Crippen LogP contribution in [0.1, 0.15) is 16.8 Å². The molecule has 1 heterocycles. The van der Waals surface area contributed by atoms with Gasteiger partial charge in [0, 0.05) is 30.9 Å². The van der Waals surface area contributed by atoms with E-state index in [1.165, 1.54) is 12.1 Å². The average molecular weight is 426 g/mol. The van der Waals surface area contributed by atoms with Gasteiger partial charge in [-0.15, -0.1) is 12.4 Å². The molecule has 1 saturated heterocycles. The number of anilines is 1. The van der Waals surface area contributed by atoms with Gasteiger partial charge in [-0.25, -0.2) is 8.42 Å². The Bertz CT molecular complexity index is 878. The minimum atomic E-state index is -3.73. The number of hydrogen-bond donors (Lipinski definition) is 2. The second-order valence-electron chi connectivity index (χ2n) is 6.25. The lowest BCUT2D eigenvalue weighted by Gasteiger charge is -2.20. The number of nitrogens with one attached hydrogen (secondary N) is 2. The number of hydrogen-bond acceptors (Lipinski definition) is 5. The van der Waals surface area contributed by atoms with Crippen LogP contribution in [0.25, 0.3) is 0 Å². The summed E-state index contributed by atoms with van der Waals surface area (Å²) in [6.07, 6.45) is 0.907. The first-order valence-corrected chi connectivity index (χ1v) is 10.2. The number of ether oxygens (including phenoxy) is 1. The van der Waals surface area contributed by atoms with Crippen molar-refractivity contribution in [3.8, 4) is 5.75 Å². The zero-order valence-electron chi connectivity index (χ0n) is 15.6. The highest BCUT2D eigenvalue weighted by molar-refractivity contribution is 7.92. The van der Waals surface area contributed by atoms with Crippen molar-refractivity contribution in [1.29, 1.82) is 0 Å². The number of benzene rings is 2. The second-order valence-corrected chi connectivity index (χ2v) is 7.94. The summed E-state index contributed by atoms with van der Waals surface area (Å²) in [5.74, 6) is 0.565. The Morgan fingerprint density at radius 2 is 1.71 bits per heavy atom. The van der Waals surface area contributed by atoms with Crippen LogP contribution in [0.15, 0.2) is 53.4 Å². The van der Waals surface area contributed by atoms with E-state index in [4.69, 9.17) is 4.74 Å². The van der Waals surface area contributed by atoms with Crippen LogP contribution in [0.3, 0.4) is 0 Å². The smallest absolute Gasteiger partial charge is 0.261 e. The molecule has 0 spiro atoms. The van der Waals surface area contributed by atoms with E-state index in [-0.39, 0.29) is 23.2 Å². The van der Waals surface area contributed by atoms with Gasteiger partial charge in [0.25, 0.3) is 15.9 Å². The lowest BCUT2D eigenvalue weighted by atomic mass is 10.2. The standard InChI is InChI=1S/C19H23N3O4S.ClH/c1-26-17-7-5-16(6-8-17)21-27(24,25)18-9-3-15(4-10-18)19(23)22-13-2-11-20-12-14-22;/h3-10,20-21H,2,11-14H2,1H3;1H. The van der Waals surface area contributed by atoms with Gasteiger partial charge in [0.05, 0.1) is 12.0 Å². The molecular formula is C19H24ClN3O4S. The van der Waals surface area contributed by atoms with Gasteiger partial charge < -0.3 is 15.0 Å². The average Bonchev–Trinajstić information content (AvgIpc) is 2.97. The summed E-state index contributed by atoms with van der Waals surface area (Å²) >= 11 is 0. The number of carbonyl (C=O) groups excluding carboxylic acids is 1. The van der Waals surface area contributed by atoms with Gasteiger partial charge in [0.2, 0.25) is 0 Å². The number of halogens is 1. The Morgan fingerprint density at radius 3 is 2.36 bits per heavy atom. The van der Waals surface area contributed by atoms with E-state index in [0.29, 0.717) is 30.1 Å². The van der Waals surface area contributed by atoms with Gasteiger partial charge in [-0.1, -0.05) is 0 Å². The molecule has 0 unspecified atom stereocenters. The summed E-state index contributed by atoms with van der Waals surface area (Å²) in [6.45, 7) is 3.02. The molecule has 0 aliphatic carbocycles. The van der Waals surface area contributed by atoms with E-state index in [9.17, 15) is 13.2 Å². The number of carbonyl (C=O) groups is 1. The van der Waals surface area contributed by atoms with Gasteiger partial charge in [-0.2, -0.15) is 0 Å². The third-order valence-corrected chi connectivity index (χ3v) is 5.78. The molecule has 0 aromatic heterocycles. The van der Waals surface area contributed by atoms with Crippen molar-refractivity contribution in [1.82, 2.24) is 10.2 Å². The molecular weight excluding hydrogens is 402 g/mol. The Hall–Kier alpha value is -2.29. The lowest BCUT2D eigenvalue weighted by molar-refractivity contribution is 0.0766. The van der Waals surface area contributed by atoms with Gasteiger partial charge in [-0.05, 0) is 61.5 Å². The topological polar surface area (TPSA) is 87.7 Å². The van der Waals surface area contributed by atoms with E-state index in [1.54, 1.807) is 48.4 Å². The monoisotopic (exact) mass is 425 g/mol. The fraction of sp³-hybridized carbons (Fsp3) is 0.316. The largest absolute Gasteiger partial charge is 0.497 e. The van der Waals surface area contributed by atoms with Crippen LogP contribution in [0.4, 0.5) is 5.69 Å². The minimum absolute atomic E-state index is 0. The predicted octanol–water partition coefficient (Wildman–Crippen LogP) is 2.35. The van der Waals surface area contributed by atoms with Crippen LogP contribution in [0.5, 0.6) is 5.75 Å². The third kappa shape index (κ3) is 5.37. The molecule has 152 valence electrons. The second kappa shape index (κ2) is 9.77. The molecule has 2 aromatic carbocycles. The van der Waals surface area contributed by atoms with E-state index < -0.39 is 10.0 Å². The Labute approximate surface area is 171 Å². The summed E-state index contributed by atoms with van der Waals surface area (Å²) in [7, 11) is -2.19. The van der Waals surface area contributed by atoms with Crippen LogP contribution in [-0.4, -0.2) is 52.5 Å². The summed E-state index contributed by atoms with van der Waals surface area (Å²) in [5, 5.41) is 3.25. The van der Waals surface area contributed by atoms with Gasteiger partial charge in [-0.3, -0.25) is 9.52 Å². The summed E-state index contributed by atoms with van der Waals surface area (Å²) < 4.78 is 32.7.